The molecular weight excluding hydrogens is 360 g/mol. The van der Waals surface area contributed by atoms with Crippen LogP contribution in [0.1, 0.15) is 29.0 Å². The maximum Gasteiger partial charge on any atom is 0.328 e. The highest BCUT2D eigenvalue weighted by Gasteiger charge is 2.56. The van der Waals surface area contributed by atoms with Crippen molar-refractivity contribution < 1.29 is 9.59 Å². The largest absolute Gasteiger partial charge is 0.328 e. The molecule has 2 aliphatic heterocycles. The lowest BCUT2D eigenvalue weighted by atomic mass is 9.86. The topological polar surface area (TPSA) is 65.5 Å². The fraction of sp³-hybridized carbons (Fsp3) is 0.450. The van der Waals surface area contributed by atoms with Gasteiger partial charge in [0.15, 0.2) is 0 Å². The third-order valence-corrected chi connectivity index (χ3v) is 6.59. The Morgan fingerprint density at radius 3 is 2.59 bits per heavy atom. The summed E-state index contributed by atoms with van der Waals surface area (Å²) in [5, 5.41) is 3.32. The second-order valence-electron chi connectivity index (χ2n) is 7.20. The van der Waals surface area contributed by atoms with Crippen LogP contribution < -0.4 is 5.32 Å². The Kier molecular flexibility index (Phi) is 4.97. The average Bonchev–Trinajstić information content (AvgIpc) is 3.18. The SMILES string of the molecule is Cc1ncsc1CN1C(=O)N(CCc2ccccc2)C2(CCNCC2)C1=O. The Morgan fingerprint density at radius 1 is 1.19 bits per heavy atom. The molecule has 2 fully saturated rings. The fourth-order valence-corrected chi connectivity index (χ4v) is 4.83. The van der Waals surface area contributed by atoms with E-state index in [4.69, 9.17) is 0 Å². The van der Waals surface area contributed by atoms with Gasteiger partial charge in [-0.1, -0.05) is 30.3 Å². The number of imide groups is 1. The summed E-state index contributed by atoms with van der Waals surface area (Å²) >= 11 is 1.50. The maximum atomic E-state index is 13.4. The molecule has 4 rings (SSSR count). The summed E-state index contributed by atoms with van der Waals surface area (Å²) in [5.41, 5.74) is 3.14. The van der Waals surface area contributed by atoms with Crippen molar-refractivity contribution in [2.24, 2.45) is 0 Å². The molecule has 7 heteroatoms. The number of rotatable bonds is 5. The Hall–Kier alpha value is -2.25. The number of carbonyl (C=O) groups is 2. The first-order valence-electron chi connectivity index (χ1n) is 9.39. The zero-order chi connectivity index (χ0) is 18.9. The van der Waals surface area contributed by atoms with Gasteiger partial charge in [-0.3, -0.25) is 9.69 Å². The molecule has 0 saturated carbocycles. The molecule has 142 valence electrons. The number of amides is 3. The quantitative estimate of drug-likeness (QED) is 0.805. The van der Waals surface area contributed by atoms with E-state index in [9.17, 15) is 9.59 Å². The third-order valence-electron chi connectivity index (χ3n) is 5.67. The molecule has 1 aromatic heterocycles. The first-order valence-corrected chi connectivity index (χ1v) is 10.3. The molecule has 6 nitrogen and oxygen atoms in total. The minimum absolute atomic E-state index is 0.0464. The number of nitrogens with one attached hydrogen (secondary N) is 1. The molecule has 0 aliphatic carbocycles. The highest BCUT2D eigenvalue weighted by atomic mass is 32.1. The van der Waals surface area contributed by atoms with Crippen LogP contribution in [0.4, 0.5) is 4.79 Å². The van der Waals surface area contributed by atoms with Crippen molar-refractivity contribution in [2.45, 2.75) is 38.3 Å². The van der Waals surface area contributed by atoms with E-state index in [-0.39, 0.29) is 11.9 Å². The Bertz CT molecular complexity index is 830. The molecule has 3 amide bonds. The number of urea groups is 1. The first kappa shape index (κ1) is 18.1. The van der Waals surface area contributed by atoms with Crippen molar-refractivity contribution in [2.75, 3.05) is 19.6 Å². The van der Waals surface area contributed by atoms with Crippen LogP contribution in [0, 0.1) is 6.92 Å². The number of piperidine rings is 1. The summed E-state index contributed by atoms with van der Waals surface area (Å²) < 4.78 is 0. The zero-order valence-corrected chi connectivity index (χ0v) is 16.3. The molecule has 0 radical (unpaired) electrons. The van der Waals surface area contributed by atoms with Crippen LogP contribution in [-0.4, -0.2) is 51.9 Å². The van der Waals surface area contributed by atoms with E-state index in [1.807, 2.05) is 30.0 Å². The second kappa shape index (κ2) is 7.40. The molecule has 27 heavy (non-hydrogen) atoms. The molecule has 1 spiro atoms. The van der Waals surface area contributed by atoms with Crippen molar-refractivity contribution in [1.29, 1.82) is 0 Å². The predicted molar refractivity (Wildman–Crippen MR) is 104 cm³/mol. The summed E-state index contributed by atoms with van der Waals surface area (Å²) in [5.74, 6) is -0.0464. The van der Waals surface area contributed by atoms with Crippen LogP contribution in [0.25, 0.3) is 0 Å². The van der Waals surface area contributed by atoms with Crippen LogP contribution in [0.2, 0.25) is 0 Å². The van der Waals surface area contributed by atoms with E-state index in [1.165, 1.54) is 21.8 Å². The second-order valence-corrected chi connectivity index (χ2v) is 8.14. The van der Waals surface area contributed by atoms with Crippen LogP contribution in [0.3, 0.4) is 0 Å². The number of thiazole rings is 1. The normalized spacial score (nSPS) is 19.3. The number of hydrogen-bond acceptors (Lipinski definition) is 5. The predicted octanol–water partition coefficient (Wildman–Crippen LogP) is 2.58. The Balaban J connectivity index is 1.59. The van der Waals surface area contributed by atoms with Gasteiger partial charge in [-0.25, -0.2) is 9.78 Å². The minimum atomic E-state index is -0.699. The molecular formula is C20H24N4O2S. The van der Waals surface area contributed by atoms with E-state index >= 15 is 0 Å². The number of hydrogen-bond donors (Lipinski definition) is 1. The van der Waals surface area contributed by atoms with Crippen LogP contribution in [0.15, 0.2) is 35.8 Å². The lowest BCUT2D eigenvalue weighted by Gasteiger charge is -2.38. The van der Waals surface area contributed by atoms with E-state index in [0.717, 1.165) is 30.1 Å². The molecule has 0 bridgehead atoms. The van der Waals surface area contributed by atoms with Gasteiger partial charge in [0, 0.05) is 11.4 Å². The molecule has 1 aromatic carbocycles. The summed E-state index contributed by atoms with van der Waals surface area (Å²) in [6.45, 7) is 4.32. The third kappa shape index (κ3) is 3.26. The van der Waals surface area contributed by atoms with Crippen molar-refractivity contribution in [1.82, 2.24) is 20.1 Å². The monoisotopic (exact) mass is 384 g/mol. The Morgan fingerprint density at radius 2 is 1.93 bits per heavy atom. The lowest BCUT2D eigenvalue weighted by Crippen LogP contribution is -2.56. The van der Waals surface area contributed by atoms with Gasteiger partial charge in [-0.15, -0.1) is 11.3 Å². The lowest BCUT2D eigenvalue weighted by molar-refractivity contribution is -0.134. The summed E-state index contributed by atoms with van der Waals surface area (Å²) in [6.07, 6.45) is 2.09. The van der Waals surface area contributed by atoms with E-state index < -0.39 is 5.54 Å². The number of aromatic nitrogens is 1. The smallest absolute Gasteiger partial charge is 0.317 e. The fourth-order valence-electron chi connectivity index (χ4n) is 4.06. The zero-order valence-electron chi connectivity index (χ0n) is 15.5. The van der Waals surface area contributed by atoms with Gasteiger partial charge in [0.05, 0.1) is 17.7 Å². The molecule has 1 N–H and O–H groups in total. The van der Waals surface area contributed by atoms with Crippen molar-refractivity contribution in [3.05, 3.63) is 52.0 Å². The van der Waals surface area contributed by atoms with Gasteiger partial charge < -0.3 is 10.2 Å². The Labute approximate surface area is 163 Å². The first-order chi connectivity index (χ1) is 13.1. The molecule has 2 aliphatic rings. The molecule has 2 aromatic rings. The number of carbonyl (C=O) groups excluding carboxylic acids is 2. The van der Waals surface area contributed by atoms with E-state index in [1.54, 1.807) is 5.51 Å². The summed E-state index contributed by atoms with van der Waals surface area (Å²) in [7, 11) is 0. The van der Waals surface area contributed by atoms with Gasteiger partial charge in [0.1, 0.15) is 5.54 Å². The van der Waals surface area contributed by atoms with Gasteiger partial charge in [-0.2, -0.15) is 0 Å². The van der Waals surface area contributed by atoms with E-state index in [0.29, 0.717) is 25.9 Å². The van der Waals surface area contributed by atoms with Crippen LogP contribution in [0.5, 0.6) is 0 Å². The van der Waals surface area contributed by atoms with Crippen molar-refractivity contribution in [3.8, 4) is 0 Å². The molecule has 2 saturated heterocycles. The van der Waals surface area contributed by atoms with Crippen molar-refractivity contribution >= 4 is 23.3 Å². The van der Waals surface area contributed by atoms with Crippen LogP contribution >= 0.6 is 11.3 Å². The summed E-state index contributed by atoms with van der Waals surface area (Å²) in [4.78, 5) is 35.1. The van der Waals surface area contributed by atoms with Gasteiger partial charge in [0.2, 0.25) is 0 Å². The van der Waals surface area contributed by atoms with Gasteiger partial charge in [0.25, 0.3) is 5.91 Å². The molecule has 3 heterocycles. The number of aryl methyl sites for hydroxylation is 1. The number of nitrogens with zero attached hydrogens (tertiary/aromatic N) is 3. The standard InChI is InChI=1S/C20H24N4O2S/c1-15-17(27-14-22-15)13-23-18(25)20(8-10-21-11-9-20)24(19(23)26)12-7-16-5-3-2-4-6-16/h2-6,14,21H,7-13H2,1H3. The van der Waals surface area contributed by atoms with Crippen LogP contribution in [-0.2, 0) is 17.8 Å². The maximum absolute atomic E-state index is 13.4. The van der Waals surface area contributed by atoms with E-state index in [2.05, 4.69) is 22.4 Å². The minimum Gasteiger partial charge on any atom is -0.317 e. The average molecular weight is 385 g/mol. The van der Waals surface area contributed by atoms with Crippen molar-refractivity contribution in [3.63, 3.8) is 0 Å². The highest BCUT2D eigenvalue weighted by molar-refractivity contribution is 7.09. The number of benzene rings is 1. The summed E-state index contributed by atoms with van der Waals surface area (Å²) in [6, 6.07) is 9.97. The molecule has 0 unspecified atom stereocenters. The van der Waals surface area contributed by atoms with Gasteiger partial charge >= 0.3 is 6.03 Å². The molecule has 0 atom stereocenters. The van der Waals surface area contributed by atoms with Gasteiger partial charge in [-0.05, 0) is 44.8 Å². The highest BCUT2D eigenvalue weighted by Crippen LogP contribution is 2.37.